The third-order valence-corrected chi connectivity index (χ3v) is 5.73. The van der Waals surface area contributed by atoms with Crippen LogP contribution in [0.25, 0.3) is 0 Å². The van der Waals surface area contributed by atoms with Gasteiger partial charge in [-0.05, 0) is 30.3 Å². The molecule has 0 spiro atoms. The molecule has 2 aromatic carbocycles. The molecule has 0 aliphatic rings. The molecule has 0 saturated heterocycles. The number of amides is 1. The van der Waals surface area contributed by atoms with Gasteiger partial charge in [0, 0.05) is 12.6 Å². The average Bonchev–Trinajstić information content (AvgIpc) is 2.50. The lowest BCUT2D eigenvalue weighted by molar-refractivity contribution is -0.143. The molecule has 0 aliphatic carbocycles. The Balaban J connectivity index is 2.55. The van der Waals surface area contributed by atoms with Crippen LogP contribution < -0.4 is 10.0 Å². The summed E-state index contributed by atoms with van der Waals surface area (Å²) in [5.41, 5.74) is -4.41. The Morgan fingerprint density at radius 3 is 1.63 bits per heavy atom. The maximum atomic E-state index is 12.9. The van der Waals surface area contributed by atoms with Gasteiger partial charge >= 0.3 is 12.4 Å². The number of nitrogens with one attached hydrogen (secondary N) is 2. The summed E-state index contributed by atoms with van der Waals surface area (Å²) in [5, 5.41) is 1.24. The summed E-state index contributed by atoms with van der Waals surface area (Å²) >= 11 is 11.7. The minimum Gasteiger partial charge on any atom is -0.326 e. The van der Waals surface area contributed by atoms with Crippen molar-refractivity contribution < 1.29 is 39.6 Å². The first-order valence-corrected chi connectivity index (χ1v) is 9.83. The van der Waals surface area contributed by atoms with Crippen molar-refractivity contribution in [3.05, 3.63) is 51.5 Å². The van der Waals surface area contributed by atoms with Crippen molar-refractivity contribution in [3.63, 3.8) is 0 Å². The highest BCUT2D eigenvalue weighted by Crippen LogP contribution is 2.39. The molecule has 14 heteroatoms. The lowest BCUT2D eigenvalue weighted by Crippen LogP contribution is -2.17. The minimum absolute atomic E-state index is 0.0230. The number of hydrogen-bond donors (Lipinski definition) is 2. The standard InChI is InChI=1S/C16H10Cl2F6N2O3S/c1-7(27)25-10-5-12(17)14(13(18)6-10)30(28,29)26-11-3-8(15(19,20)21)2-9(4-11)16(22,23)24/h2-6,26H,1H3,(H,25,27). The van der Waals surface area contributed by atoms with Crippen molar-refractivity contribution >= 4 is 50.5 Å². The van der Waals surface area contributed by atoms with Gasteiger partial charge in [0.15, 0.2) is 0 Å². The number of rotatable bonds is 4. The molecule has 0 atom stereocenters. The number of halogens is 8. The Kier molecular flexibility index (Phi) is 6.55. The van der Waals surface area contributed by atoms with Crippen LogP contribution in [0.5, 0.6) is 0 Å². The molecule has 0 bridgehead atoms. The van der Waals surface area contributed by atoms with E-state index in [1.54, 1.807) is 4.72 Å². The summed E-state index contributed by atoms with van der Waals surface area (Å²) < 4.78 is 104. The summed E-state index contributed by atoms with van der Waals surface area (Å²) in [7, 11) is -4.81. The van der Waals surface area contributed by atoms with Gasteiger partial charge in [-0.3, -0.25) is 9.52 Å². The third-order valence-electron chi connectivity index (χ3n) is 3.43. The number of sulfonamides is 1. The first kappa shape index (κ1) is 24.1. The Labute approximate surface area is 176 Å². The fourth-order valence-corrected chi connectivity index (χ4v) is 4.57. The second kappa shape index (κ2) is 8.16. The van der Waals surface area contributed by atoms with Crippen molar-refractivity contribution in [1.29, 1.82) is 0 Å². The van der Waals surface area contributed by atoms with Gasteiger partial charge in [0.1, 0.15) is 4.90 Å². The van der Waals surface area contributed by atoms with E-state index in [0.717, 1.165) is 19.1 Å². The van der Waals surface area contributed by atoms with Gasteiger partial charge in [-0.1, -0.05) is 23.2 Å². The highest BCUT2D eigenvalue weighted by Gasteiger charge is 2.37. The summed E-state index contributed by atoms with van der Waals surface area (Å²) in [5.74, 6) is -0.528. The highest BCUT2D eigenvalue weighted by molar-refractivity contribution is 7.93. The van der Waals surface area contributed by atoms with Crippen LogP contribution in [0.15, 0.2) is 35.2 Å². The predicted molar refractivity (Wildman–Crippen MR) is 98.0 cm³/mol. The van der Waals surface area contributed by atoms with Gasteiger partial charge in [0.25, 0.3) is 10.0 Å². The van der Waals surface area contributed by atoms with Crippen molar-refractivity contribution in [2.75, 3.05) is 10.0 Å². The molecule has 0 radical (unpaired) electrons. The normalized spacial score (nSPS) is 12.6. The van der Waals surface area contributed by atoms with Gasteiger partial charge < -0.3 is 5.32 Å². The van der Waals surface area contributed by atoms with E-state index in [4.69, 9.17) is 23.2 Å². The van der Waals surface area contributed by atoms with Crippen molar-refractivity contribution in [1.82, 2.24) is 0 Å². The fraction of sp³-hybridized carbons (Fsp3) is 0.188. The van der Waals surface area contributed by atoms with E-state index in [9.17, 15) is 39.6 Å². The highest BCUT2D eigenvalue weighted by atomic mass is 35.5. The smallest absolute Gasteiger partial charge is 0.326 e. The zero-order chi connectivity index (χ0) is 23.1. The van der Waals surface area contributed by atoms with Gasteiger partial charge in [0.05, 0.1) is 26.9 Å². The van der Waals surface area contributed by atoms with Crippen LogP contribution in [0.2, 0.25) is 10.0 Å². The van der Waals surface area contributed by atoms with Crippen LogP contribution in [0, 0.1) is 0 Å². The third kappa shape index (κ3) is 5.70. The van der Waals surface area contributed by atoms with E-state index in [0.29, 0.717) is 0 Å². The van der Waals surface area contributed by atoms with Crippen LogP contribution in [0.1, 0.15) is 18.1 Å². The molecule has 5 nitrogen and oxygen atoms in total. The minimum atomic E-state index is -5.17. The molecule has 0 heterocycles. The molecule has 1 amide bonds. The van der Waals surface area contributed by atoms with Gasteiger partial charge in [-0.25, -0.2) is 8.42 Å². The zero-order valence-corrected chi connectivity index (χ0v) is 16.9. The molecule has 0 aliphatic heterocycles. The topological polar surface area (TPSA) is 75.3 Å². The summed E-state index contributed by atoms with van der Waals surface area (Å²) in [6.45, 7) is 1.15. The SMILES string of the molecule is CC(=O)Nc1cc(Cl)c(S(=O)(=O)Nc2cc(C(F)(F)F)cc(C(F)(F)F)c2)c(Cl)c1. The Hall–Kier alpha value is -2.18. The van der Waals surface area contributed by atoms with Crippen molar-refractivity contribution in [3.8, 4) is 0 Å². The number of carbonyl (C=O) groups excluding carboxylic acids is 1. The summed E-state index contributed by atoms with van der Waals surface area (Å²) in [4.78, 5) is 10.3. The monoisotopic (exact) mass is 494 g/mol. The number of benzene rings is 2. The maximum Gasteiger partial charge on any atom is 0.416 e. The van der Waals surface area contributed by atoms with Crippen LogP contribution >= 0.6 is 23.2 Å². The zero-order valence-electron chi connectivity index (χ0n) is 14.5. The van der Waals surface area contributed by atoms with Gasteiger partial charge in [0.2, 0.25) is 5.91 Å². The van der Waals surface area contributed by atoms with Gasteiger partial charge in [-0.2, -0.15) is 26.3 Å². The molecule has 2 rings (SSSR count). The molecular formula is C16H10Cl2F6N2O3S. The first-order chi connectivity index (χ1) is 13.5. The molecule has 0 aromatic heterocycles. The lowest BCUT2D eigenvalue weighted by atomic mass is 10.1. The summed E-state index contributed by atoms with van der Waals surface area (Å²) in [6.07, 6.45) is -10.3. The van der Waals surface area contributed by atoms with Crippen molar-refractivity contribution in [2.45, 2.75) is 24.2 Å². The molecule has 2 aromatic rings. The second-order valence-electron chi connectivity index (χ2n) is 5.85. The molecule has 2 N–H and O–H groups in total. The molecule has 0 fully saturated rings. The molecule has 164 valence electrons. The molecular weight excluding hydrogens is 485 g/mol. The Morgan fingerprint density at radius 2 is 1.27 bits per heavy atom. The van der Waals surface area contributed by atoms with Crippen LogP contribution in [-0.4, -0.2) is 14.3 Å². The summed E-state index contributed by atoms with van der Waals surface area (Å²) in [6, 6.07) is 2.23. The van der Waals surface area contributed by atoms with Gasteiger partial charge in [-0.15, -0.1) is 0 Å². The van der Waals surface area contributed by atoms with E-state index in [1.807, 2.05) is 0 Å². The van der Waals surface area contributed by atoms with Crippen LogP contribution in [0.3, 0.4) is 0 Å². The van der Waals surface area contributed by atoms with E-state index in [-0.39, 0.29) is 23.9 Å². The maximum absolute atomic E-state index is 12.9. The molecule has 0 unspecified atom stereocenters. The van der Waals surface area contributed by atoms with E-state index < -0.39 is 60.0 Å². The number of alkyl halides is 6. The first-order valence-electron chi connectivity index (χ1n) is 7.59. The quantitative estimate of drug-likeness (QED) is 0.528. The number of hydrogen-bond acceptors (Lipinski definition) is 3. The Morgan fingerprint density at radius 1 is 0.833 bits per heavy atom. The fourth-order valence-electron chi connectivity index (χ4n) is 2.31. The number of carbonyl (C=O) groups is 1. The van der Waals surface area contributed by atoms with Crippen LogP contribution in [-0.2, 0) is 27.2 Å². The lowest BCUT2D eigenvalue weighted by Gasteiger charge is -2.16. The van der Waals surface area contributed by atoms with E-state index in [1.165, 1.54) is 0 Å². The second-order valence-corrected chi connectivity index (χ2v) is 8.28. The molecule has 0 saturated carbocycles. The average molecular weight is 495 g/mol. The van der Waals surface area contributed by atoms with E-state index in [2.05, 4.69) is 5.32 Å². The van der Waals surface area contributed by atoms with Crippen molar-refractivity contribution in [2.24, 2.45) is 0 Å². The number of anilines is 2. The van der Waals surface area contributed by atoms with Crippen LogP contribution in [0.4, 0.5) is 37.7 Å². The Bertz CT molecular complexity index is 1050. The predicted octanol–water partition coefficient (Wildman–Crippen LogP) is 5.79. The largest absolute Gasteiger partial charge is 0.416 e. The van der Waals surface area contributed by atoms with E-state index >= 15 is 0 Å². The molecule has 30 heavy (non-hydrogen) atoms.